The van der Waals surface area contributed by atoms with Gasteiger partial charge in [0, 0.05) is 6.54 Å². The smallest absolute Gasteiger partial charge is 0.244 e. The van der Waals surface area contributed by atoms with Crippen LogP contribution in [0, 0.1) is 5.82 Å². The van der Waals surface area contributed by atoms with Gasteiger partial charge in [-0.2, -0.15) is 0 Å². The Labute approximate surface area is 116 Å². The van der Waals surface area contributed by atoms with Gasteiger partial charge in [0.15, 0.2) is 0 Å². The molecule has 2 rings (SSSR count). The molecule has 1 aromatic heterocycles. The fraction of sp³-hybridized carbons (Fsp3) is 0.231. The monoisotopic (exact) mass is 298 g/mol. The van der Waals surface area contributed by atoms with E-state index >= 15 is 0 Å². The molecule has 1 unspecified atom stereocenters. The second kappa shape index (κ2) is 5.74. The van der Waals surface area contributed by atoms with Crippen molar-refractivity contribution in [2.75, 3.05) is 0 Å². The first-order valence-corrected chi connectivity index (χ1v) is 7.46. The first-order valence-electron chi connectivity index (χ1n) is 5.98. The summed E-state index contributed by atoms with van der Waals surface area (Å²) in [5, 5.41) is 0. The molecule has 7 heteroatoms. The molecule has 0 aliphatic carbocycles. The molecule has 20 heavy (non-hydrogen) atoms. The van der Waals surface area contributed by atoms with E-state index in [0.29, 0.717) is 11.3 Å². The Morgan fingerprint density at radius 2 is 2.15 bits per heavy atom. The van der Waals surface area contributed by atoms with Crippen LogP contribution in [0.2, 0.25) is 0 Å². The average molecular weight is 298 g/mol. The highest BCUT2D eigenvalue weighted by Crippen LogP contribution is 2.20. The lowest BCUT2D eigenvalue weighted by Gasteiger charge is -2.13. The summed E-state index contributed by atoms with van der Waals surface area (Å²) >= 11 is 0. The normalized spacial score (nSPS) is 13.3. The average Bonchev–Trinajstić information content (AvgIpc) is 2.91. The molecule has 0 spiro atoms. The minimum Gasteiger partial charge on any atom is -0.468 e. The third kappa shape index (κ3) is 3.06. The summed E-state index contributed by atoms with van der Waals surface area (Å²) in [6.07, 6.45) is 1.44. The number of rotatable bonds is 5. The van der Waals surface area contributed by atoms with Crippen LogP contribution in [0.25, 0.3) is 0 Å². The van der Waals surface area contributed by atoms with Crippen LogP contribution in [-0.2, 0) is 16.6 Å². The summed E-state index contributed by atoms with van der Waals surface area (Å²) in [6, 6.07) is 6.50. The zero-order chi connectivity index (χ0) is 14.8. The van der Waals surface area contributed by atoms with E-state index in [1.807, 2.05) is 0 Å². The maximum Gasteiger partial charge on any atom is 0.244 e. The topological polar surface area (TPSA) is 85.3 Å². The van der Waals surface area contributed by atoms with Crippen LogP contribution in [0.3, 0.4) is 0 Å². The minimum atomic E-state index is -3.97. The van der Waals surface area contributed by atoms with Crippen LogP contribution in [-0.4, -0.2) is 8.42 Å². The van der Waals surface area contributed by atoms with Gasteiger partial charge in [-0.1, -0.05) is 6.07 Å². The highest BCUT2D eigenvalue weighted by Gasteiger charge is 2.23. The summed E-state index contributed by atoms with van der Waals surface area (Å²) in [5.41, 5.74) is 5.91. The van der Waals surface area contributed by atoms with Crippen molar-refractivity contribution in [2.24, 2.45) is 5.73 Å². The van der Waals surface area contributed by atoms with Gasteiger partial charge in [-0.3, -0.25) is 0 Å². The third-order valence-electron chi connectivity index (χ3n) is 2.82. The van der Waals surface area contributed by atoms with Gasteiger partial charge in [-0.25, -0.2) is 17.5 Å². The fourth-order valence-corrected chi connectivity index (χ4v) is 3.05. The van der Waals surface area contributed by atoms with E-state index in [1.165, 1.54) is 18.4 Å². The van der Waals surface area contributed by atoms with Gasteiger partial charge >= 0.3 is 0 Å². The van der Waals surface area contributed by atoms with Crippen molar-refractivity contribution in [1.29, 1.82) is 0 Å². The van der Waals surface area contributed by atoms with Crippen LogP contribution >= 0.6 is 0 Å². The fourth-order valence-electron chi connectivity index (χ4n) is 1.78. The van der Waals surface area contributed by atoms with Crippen LogP contribution in [0.4, 0.5) is 4.39 Å². The molecular weight excluding hydrogens is 283 g/mol. The first kappa shape index (κ1) is 14.7. The zero-order valence-corrected chi connectivity index (χ0v) is 11.7. The molecule has 0 amide bonds. The van der Waals surface area contributed by atoms with Gasteiger partial charge in [0.25, 0.3) is 0 Å². The number of hydrogen-bond donors (Lipinski definition) is 2. The van der Waals surface area contributed by atoms with Crippen LogP contribution < -0.4 is 10.5 Å². The number of sulfonamides is 1. The number of halogens is 1. The molecule has 0 radical (unpaired) electrons. The van der Waals surface area contributed by atoms with Crippen LogP contribution in [0.5, 0.6) is 0 Å². The van der Waals surface area contributed by atoms with Gasteiger partial charge < -0.3 is 10.2 Å². The Balaban J connectivity index is 2.27. The summed E-state index contributed by atoms with van der Waals surface area (Å²) in [6.45, 7) is 1.76. The molecule has 0 aliphatic rings. The van der Waals surface area contributed by atoms with E-state index < -0.39 is 26.8 Å². The third-order valence-corrected chi connectivity index (χ3v) is 4.40. The number of hydrogen-bond acceptors (Lipinski definition) is 4. The molecule has 3 N–H and O–H groups in total. The predicted molar refractivity (Wildman–Crippen MR) is 71.7 cm³/mol. The van der Waals surface area contributed by atoms with E-state index in [2.05, 4.69) is 4.72 Å². The Bertz CT molecular complexity index is 684. The van der Waals surface area contributed by atoms with E-state index in [9.17, 15) is 12.8 Å². The minimum absolute atomic E-state index is 0.146. The Kier molecular flexibility index (Phi) is 4.22. The molecule has 0 bridgehead atoms. The molecule has 0 aliphatic heterocycles. The van der Waals surface area contributed by atoms with Crippen molar-refractivity contribution in [3.8, 4) is 0 Å². The van der Waals surface area contributed by atoms with Crippen molar-refractivity contribution >= 4 is 10.0 Å². The van der Waals surface area contributed by atoms with Crippen molar-refractivity contribution in [3.63, 3.8) is 0 Å². The molecule has 2 aromatic rings. The van der Waals surface area contributed by atoms with Crippen LogP contribution in [0.1, 0.15) is 24.3 Å². The maximum atomic E-state index is 13.8. The molecule has 5 nitrogen and oxygen atoms in total. The number of nitrogens with one attached hydrogen (secondary N) is 1. The van der Waals surface area contributed by atoms with Gasteiger partial charge in [-0.05, 0) is 36.8 Å². The summed E-state index contributed by atoms with van der Waals surface area (Å²) in [7, 11) is -3.97. The lowest BCUT2D eigenvalue weighted by Crippen LogP contribution is -2.27. The first-order chi connectivity index (χ1) is 9.44. The van der Waals surface area contributed by atoms with Gasteiger partial charge in [0.05, 0.1) is 12.3 Å². The second-order valence-electron chi connectivity index (χ2n) is 4.33. The lowest BCUT2D eigenvalue weighted by molar-refractivity contribution is 0.458. The molecule has 1 heterocycles. The highest BCUT2D eigenvalue weighted by molar-refractivity contribution is 7.89. The van der Waals surface area contributed by atoms with Gasteiger partial charge in [-0.15, -0.1) is 0 Å². The molecular formula is C13H15FN2O3S. The zero-order valence-electron chi connectivity index (χ0n) is 10.8. The molecule has 108 valence electrons. The van der Waals surface area contributed by atoms with Crippen molar-refractivity contribution < 1.29 is 17.2 Å². The predicted octanol–water partition coefficient (Wildman–Crippen LogP) is 1.92. The number of furan rings is 1. The summed E-state index contributed by atoms with van der Waals surface area (Å²) in [4.78, 5) is -0.409. The van der Waals surface area contributed by atoms with Crippen molar-refractivity contribution in [1.82, 2.24) is 4.72 Å². The Morgan fingerprint density at radius 3 is 2.70 bits per heavy atom. The van der Waals surface area contributed by atoms with E-state index in [1.54, 1.807) is 19.1 Å². The summed E-state index contributed by atoms with van der Waals surface area (Å²) < 4.78 is 45.6. The Hall–Kier alpha value is -1.70. The summed E-state index contributed by atoms with van der Waals surface area (Å²) in [5.74, 6) is -0.375. The SMILES string of the molecule is CC(NS(=O)(=O)c1ccc(CN)cc1F)c1ccco1. The van der Waals surface area contributed by atoms with E-state index in [0.717, 1.165) is 6.07 Å². The quantitative estimate of drug-likeness (QED) is 0.883. The largest absolute Gasteiger partial charge is 0.468 e. The standard InChI is InChI=1S/C13H15FN2O3S/c1-9(12-3-2-6-19-12)16-20(17,18)13-5-4-10(8-15)7-11(13)14/h2-7,9,16H,8,15H2,1H3. The van der Waals surface area contributed by atoms with E-state index in [-0.39, 0.29) is 6.54 Å². The molecule has 0 fully saturated rings. The lowest BCUT2D eigenvalue weighted by atomic mass is 10.2. The van der Waals surface area contributed by atoms with Crippen molar-refractivity contribution in [2.45, 2.75) is 24.4 Å². The molecule has 0 saturated carbocycles. The van der Waals surface area contributed by atoms with Gasteiger partial charge in [0.1, 0.15) is 16.5 Å². The second-order valence-corrected chi connectivity index (χ2v) is 6.01. The number of benzene rings is 1. The van der Waals surface area contributed by atoms with E-state index in [4.69, 9.17) is 10.2 Å². The molecule has 1 aromatic carbocycles. The van der Waals surface area contributed by atoms with Crippen molar-refractivity contribution in [3.05, 3.63) is 53.7 Å². The van der Waals surface area contributed by atoms with Gasteiger partial charge in [0.2, 0.25) is 10.0 Å². The maximum absolute atomic E-state index is 13.8. The Morgan fingerprint density at radius 1 is 1.40 bits per heavy atom. The highest BCUT2D eigenvalue weighted by atomic mass is 32.2. The molecule has 0 saturated heterocycles. The van der Waals surface area contributed by atoms with Crippen LogP contribution in [0.15, 0.2) is 45.9 Å². The molecule has 1 atom stereocenters. The number of nitrogens with two attached hydrogens (primary N) is 1.